The van der Waals surface area contributed by atoms with Gasteiger partial charge in [-0.05, 0) is 96.1 Å². The molecular weight excluding hydrogens is 599 g/mol. The summed E-state index contributed by atoms with van der Waals surface area (Å²) in [6.45, 7) is 6.42. The first-order chi connectivity index (χ1) is 23.8. The fourth-order valence-electron chi connectivity index (χ4n) is 6.27. The molecule has 0 fully saturated rings. The predicted molar refractivity (Wildman–Crippen MR) is 205 cm³/mol. The molecule has 0 amide bonds. The maximum atomic E-state index is 9.57. The third kappa shape index (κ3) is 7.58. The zero-order chi connectivity index (χ0) is 34.2. The highest BCUT2D eigenvalue weighted by Crippen LogP contribution is 2.40. The molecule has 0 bridgehead atoms. The Morgan fingerprint density at radius 2 is 0.755 bits per heavy atom. The Hall–Kier alpha value is -6.06. The van der Waals surface area contributed by atoms with Gasteiger partial charge in [-0.3, -0.25) is 0 Å². The van der Waals surface area contributed by atoms with Crippen molar-refractivity contribution in [3.8, 4) is 33.8 Å². The zero-order valence-corrected chi connectivity index (χ0v) is 28.1. The lowest BCUT2D eigenvalue weighted by molar-refractivity contribution is 0.474. The number of anilines is 2. The Morgan fingerprint density at radius 3 is 1.14 bits per heavy atom. The van der Waals surface area contributed by atoms with Gasteiger partial charge in [0.25, 0.3) is 0 Å². The van der Waals surface area contributed by atoms with E-state index in [1.54, 1.807) is 24.3 Å². The molecule has 0 aromatic heterocycles. The largest absolute Gasteiger partial charge is 0.508 e. The standard InChI is InChI=1S/C26H23N.C20H18O2/c1-19-13-15-23(21-9-5-3-6-10-21)25(17-19)27-26-18-20(2)14-16-24(26)22-11-7-4-8-12-22;1-20(15-5-3-2-4-6-15,16-7-11-18(21)12-8-16)17-9-13-19(22)14-10-17/h3-18,27H,1-2H3;2-14,21-22H,1H3. The Kier molecular flexibility index (Phi) is 9.92. The van der Waals surface area contributed by atoms with Crippen LogP contribution in [-0.4, -0.2) is 10.2 Å². The molecule has 0 radical (unpaired) electrons. The lowest BCUT2D eigenvalue weighted by Gasteiger charge is -2.32. The molecule has 0 atom stereocenters. The number of aromatic hydroxyl groups is 2. The molecule has 7 aromatic rings. The smallest absolute Gasteiger partial charge is 0.115 e. The van der Waals surface area contributed by atoms with Crippen LogP contribution in [0.3, 0.4) is 0 Å². The van der Waals surface area contributed by atoms with Crippen molar-refractivity contribution < 1.29 is 10.2 Å². The molecular formula is C46H41NO2. The molecule has 0 aliphatic carbocycles. The summed E-state index contributed by atoms with van der Waals surface area (Å²) in [5, 5.41) is 22.9. The van der Waals surface area contributed by atoms with Gasteiger partial charge in [0.15, 0.2) is 0 Å². The molecule has 7 aromatic carbocycles. The summed E-state index contributed by atoms with van der Waals surface area (Å²) in [7, 11) is 0. The summed E-state index contributed by atoms with van der Waals surface area (Å²) in [5.74, 6) is 0.509. The molecule has 0 aliphatic rings. The highest BCUT2D eigenvalue weighted by molar-refractivity contribution is 5.87. The monoisotopic (exact) mass is 639 g/mol. The maximum Gasteiger partial charge on any atom is 0.115 e. The van der Waals surface area contributed by atoms with Gasteiger partial charge >= 0.3 is 0 Å². The van der Waals surface area contributed by atoms with Gasteiger partial charge in [-0.25, -0.2) is 0 Å². The van der Waals surface area contributed by atoms with Gasteiger partial charge in [-0.1, -0.05) is 140 Å². The van der Waals surface area contributed by atoms with Gasteiger partial charge in [-0.2, -0.15) is 0 Å². The van der Waals surface area contributed by atoms with Crippen LogP contribution in [0.25, 0.3) is 22.3 Å². The topological polar surface area (TPSA) is 52.5 Å². The second kappa shape index (κ2) is 14.8. The summed E-state index contributed by atoms with van der Waals surface area (Å²) in [5.41, 5.74) is 12.6. The Bertz CT molecular complexity index is 1970. The van der Waals surface area contributed by atoms with Crippen LogP contribution in [-0.2, 0) is 5.41 Å². The van der Waals surface area contributed by atoms with Crippen molar-refractivity contribution in [3.05, 3.63) is 204 Å². The Morgan fingerprint density at radius 1 is 0.408 bits per heavy atom. The van der Waals surface area contributed by atoms with Crippen molar-refractivity contribution in [1.82, 2.24) is 0 Å². The summed E-state index contributed by atoms with van der Waals surface area (Å²) in [6, 6.07) is 59.1. The number of nitrogens with one attached hydrogen (secondary N) is 1. The van der Waals surface area contributed by atoms with Crippen LogP contribution in [0.4, 0.5) is 11.4 Å². The highest BCUT2D eigenvalue weighted by atomic mass is 16.3. The molecule has 3 N–H and O–H groups in total. The predicted octanol–water partition coefficient (Wildman–Crippen LogP) is 11.8. The third-order valence-electron chi connectivity index (χ3n) is 9.03. The molecule has 242 valence electrons. The molecule has 7 rings (SSSR count). The van der Waals surface area contributed by atoms with E-state index in [0.29, 0.717) is 0 Å². The molecule has 0 saturated carbocycles. The van der Waals surface area contributed by atoms with E-state index in [0.717, 1.165) is 28.1 Å². The van der Waals surface area contributed by atoms with Gasteiger partial charge in [0.05, 0.1) is 0 Å². The van der Waals surface area contributed by atoms with Crippen molar-refractivity contribution in [1.29, 1.82) is 0 Å². The minimum absolute atomic E-state index is 0.255. The van der Waals surface area contributed by atoms with E-state index in [-0.39, 0.29) is 16.9 Å². The van der Waals surface area contributed by atoms with Crippen molar-refractivity contribution in [2.75, 3.05) is 5.32 Å². The lowest BCUT2D eigenvalue weighted by atomic mass is 9.71. The molecule has 3 heteroatoms. The molecule has 0 unspecified atom stereocenters. The second-order valence-corrected chi connectivity index (χ2v) is 12.5. The number of rotatable bonds is 7. The van der Waals surface area contributed by atoms with Crippen molar-refractivity contribution >= 4 is 11.4 Å². The first-order valence-corrected chi connectivity index (χ1v) is 16.5. The fraction of sp³-hybridized carbons (Fsp3) is 0.0870. The maximum absolute atomic E-state index is 9.57. The van der Waals surface area contributed by atoms with Crippen molar-refractivity contribution in [3.63, 3.8) is 0 Å². The quantitative estimate of drug-likeness (QED) is 0.152. The van der Waals surface area contributed by atoms with Crippen molar-refractivity contribution in [2.45, 2.75) is 26.2 Å². The number of benzene rings is 7. The SMILES string of the molecule is CC(c1ccccc1)(c1ccc(O)cc1)c1ccc(O)cc1.Cc1ccc(-c2ccccc2)c(Nc2cc(C)ccc2-c2ccccc2)c1. The number of phenols is 2. The molecule has 3 nitrogen and oxygen atoms in total. The van der Waals surface area contributed by atoms with E-state index in [4.69, 9.17) is 0 Å². The van der Waals surface area contributed by atoms with Crippen molar-refractivity contribution in [2.24, 2.45) is 0 Å². The summed E-state index contributed by atoms with van der Waals surface area (Å²) >= 11 is 0. The average molecular weight is 640 g/mol. The van der Waals surface area contributed by atoms with Crippen LogP contribution in [0.2, 0.25) is 0 Å². The van der Waals surface area contributed by atoms with E-state index in [1.807, 2.05) is 42.5 Å². The van der Waals surface area contributed by atoms with E-state index < -0.39 is 0 Å². The molecule has 0 spiro atoms. The van der Waals surface area contributed by atoms with Gasteiger partial charge < -0.3 is 15.5 Å². The van der Waals surface area contributed by atoms with E-state index in [1.165, 1.54) is 33.4 Å². The van der Waals surface area contributed by atoms with Crippen LogP contribution in [0.5, 0.6) is 11.5 Å². The van der Waals surface area contributed by atoms with Crippen LogP contribution >= 0.6 is 0 Å². The first-order valence-electron chi connectivity index (χ1n) is 16.5. The normalized spacial score (nSPS) is 10.9. The molecule has 0 heterocycles. The van der Waals surface area contributed by atoms with Crippen LogP contribution in [0, 0.1) is 13.8 Å². The van der Waals surface area contributed by atoms with Crippen LogP contribution in [0.1, 0.15) is 34.7 Å². The summed E-state index contributed by atoms with van der Waals surface area (Å²) < 4.78 is 0. The minimum atomic E-state index is -0.358. The molecule has 0 saturated heterocycles. The van der Waals surface area contributed by atoms with Crippen LogP contribution in [0.15, 0.2) is 176 Å². The van der Waals surface area contributed by atoms with E-state index >= 15 is 0 Å². The second-order valence-electron chi connectivity index (χ2n) is 12.5. The number of aryl methyl sites for hydroxylation is 2. The van der Waals surface area contributed by atoms with E-state index in [9.17, 15) is 10.2 Å². The lowest BCUT2D eigenvalue weighted by Crippen LogP contribution is -2.25. The Labute approximate surface area is 289 Å². The molecule has 49 heavy (non-hydrogen) atoms. The zero-order valence-electron chi connectivity index (χ0n) is 28.1. The summed E-state index contributed by atoms with van der Waals surface area (Å²) in [4.78, 5) is 0. The number of phenolic OH excluding ortho intramolecular Hbond substituents is 2. The highest BCUT2D eigenvalue weighted by Gasteiger charge is 2.31. The minimum Gasteiger partial charge on any atom is -0.508 e. The fourth-order valence-corrected chi connectivity index (χ4v) is 6.27. The van der Waals surface area contributed by atoms with Gasteiger partial charge in [-0.15, -0.1) is 0 Å². The Balaban J connectivity index is 0.000000174. The molecule has 0 aliphatic heterocycles. The first kappa shape index (κ1) is 32.9. The van der Waals surface area contributed by atoms with Gasteiger partial charge in [0, 0.05) is 27.9 Å². The summed E-state index contributed by atoms with van der Waals surface area (Å²) in [6.07, 6.45) is 0. The van der Waals surface area contributed by atoms with Gasteiger partial charge in [0.1, 0.15) is 11.5 Å². The number of hydrogen-bond acceptors (Lipinski definition) is 3. The number of hydrogen-bond donors (Lipinski definition) is 3. The van der Waals surface area contributed by atoms with Crippen LogP contribution < -0.4 is 5.32 Å². The third-order valence-corrected chi connectivity index (χ3v) is 9.03. The average Bonchev–Trinajstić information content (AvgIpc) is 3.13. The van der Waals surface area contributed by atoms with Gasteiger partial charge in [0.2, 0.25) is 0 Å². The van der Waals surface area contributed by atoms with E-state index in [2.05, 4.69) is 135 Å².